The predicted octanol–water partition coefficient (Wildman–Crippen LogP) is 1.85. The Labute approximate surface area is 120 Å². The molecule has 0 saturated carbocycles. The van der Waals surface area contributed by atoms with Crippen LogP contribution in [0.3, 0.4) is 0 Å². The lowest BCUT2D eigenvalue weighted by molar-refractivity contribution is -0.116. The van der Waals surface area contributed by atoms with Crippen molar-refractivity contribution in [3.63, 3.8) is 0 Å². The molecule has 2 aliphatic rings. The molecule has 106 valence electrons. The van der Waals surface area contributed by atoms with Crippen LogP contribution in [0.15, 0.2) is 18.2 Å². The smallest absolute Gasteiger partial charge is 0.407 e. The van der Waals surface area contributed by atoms with Crippen molar-refractivity contribution in [3.8, 4) is 0 Å². The van der Waals surface area contributed by atoms with E-state index in [4.69, 9.17) is 16.7 Å². The Balaban J connectivity index is 1.96. The van der Waals surface area contributed by atoms with E-state index in [1.165, 1.54) is 4.90 Å². The van der Waals surface area contributed by atoms with E-state index in [2.05, 4.69) is 10.2 Å². The van der Waals surface area contributed by atoms with Gasteiger partial charge in [0.2, 0.25) is 5.91 Å². The van der Waals surface area contributed by atoms with Gasteiger partial charge in [0, 0.05) is 31.1 Å². The summed E-state index contributed by atoms with van der Waals surface area (Å²) in [6.07, 6.45) is -0.665. The largest absolute Gasteiger partial charge is 0.465 e. The van der Waals surface area contributed by atoms with E-state index < -0.39 is 6.09 Å². The van der Waals surface area contributed by atoms with Gasteiger partial charge < -0.3 is 20.2 Å². The molecule has 20 heavy (non-hydrogen) atoms. The normalized spacial score (nSPS) is 21.6. The molecule has 0 spiro atoms. The number of benzene rings is 1. The summed E-state index contributed by atoms with van der Waals surface area (Å²) in [4.78, 5) is 26.5. The van der Waals surface area contributed by atoms with Crippen LogP contribution >= 0.6 is 11.6 Å². The first-order valence-electron chi connectivity index (χ1n) is 6.38. The molecule has 2 amide bonds. The van der Waals surface area contributed by atoms with E-state index in [9.17, 15) is 9.59 Å². The predicted molar refractivity (Wildman–Crippen MR) is 75.4 cm³/mol. The minimum Gasteiger partial charge on any atom is -0.465 e. The van der Waals surface area contributed by atoms with Crippen LogP contribution in [0.4, 0.5) is 16.2 Å². The van der Waals surface area contributed by atoms with Crippen molar-refractivity contribution < 1.29 is 14.7 Å². The van der Waals surface area contributed by atoms with Crippen LogP contribution in [0.1, 0.15) is 6.42 Å². The second-order valence-corrected chi connectivity index (χ2v) is 5.43. The molecule has 0 bridgehead atoms. The van der Waals surface area contributed by atoms with E-state index in [0.717, 1.165) is 5.69 Å². The number of anilines is 2. The second kappa shape index (κ2) is 4.86. The minimum atomic E-state index is -0.939. The lowest BCUT2D eigenvalue weighted by Gasteiger charge is -2.40. The molecule has 2 heterocycles. The first-order valence-corrected chi connectivity index (χ1v) is 6.76. The highest BCUT2D eigenvalue weighted by Gasteiger charge is 2.34. The Hall–Kier alpha value is -1.95. The molecule has 0 aromatic heterocycles. The summed E-state index contributed by atoms with van der Waals surface area (Å²) >= 11 is 5.96. The van der Waals surface area contributed by atoms with Crippen LogP contribution in [0.5, 0.6) is 0 Å². The number of rotatable bonds is 0. The molecule has 7 heteroatoms. The van der Waals surface area contributed by atoms with E-state index in [1.807, 2.05) is 6.07 Å². The number of hydrogen-bond donors (Lipinski definition) is 2. The Morgan fingerprint density at radius 1 is 1.40 bits per heavy atom. The van der Waals surface area contributed by atoms with Gasteiger partial charge >= 0.3 is 6.09 Å². The number of fused-ring (bicyclic) bond motifs is 3. The van der Waals surface area contributed by atoms with Gasteiger partial charge in [-0.05, 0) is 18.2 Å². The zero-order chi connectivity index (χ0) is 14.3. The number of nitrogens with zero attached hydrogens (tertiary/aromatic N) is 2. The maximum Gasteiger partial charge on any atom is 0.407 e. The van der Waals surface area contributed by atoms with Crippen LogP contribution in [0.2, 0.25) is 5.02 Å². The van der Waals surface area contributed by atoms with Crippen molar-refractivity contribution in [3.05, 3.63) is 23.2 Å². The SMILES string of the molecule is O=C1CC2CN(C(=O)O)CCN2c2ccc(Cl)cc2N1. The first-order chi connectivity index (χ1) is 9.54. The molecule has 6 nitrogen and oxygen atoms in total. The molecular weight excluding hydrogens is 282 g/mol. The van der Waals surface area contributed by atoms with E-state index >= 15 is 0 Å². The van der Waals surface area contributed by atoms with Gasteiger partial charge in [0.05, 0.1) is 17.4 Å². The number of amides is 2. The molecule has 1 atom stereocenters. The van der Waals surface area contributed by atoms with Crippen LogP contribution in [0.25, 0.3) is 0 Å². The van der Waals surface area contributed by atoms with Gasteiger partial charge in [-0.25, -0.2) is 4.79 Å². The van der Waals surface area contributed by atoms with Crippen molar-refractivity contribution in [2.24, 2.45) is 0 Å². The Kier molecular flexibility index (Phi) is 3.17. The standard InChI is InChI=1S/C13H14ClN3O3/c14-8-1-2-11-10(5-8)15-12(18)6-9-7-16(13(19)20)3-4-17(9)11/h1-2,5,9H,3-4,6-7H2,(H,15,18)(H,19,20). The van der Waals surface area contributed by atoms with Gasteiger partial charge in [-0.15, -0.1) is 0 Å². The molecule has 1 unspecified atom stereocenters. The molecule has 3 rings (SSSR count). The third-order valence-corrected chi connectivity index (χ3v) is 3.95. The van der Waals surface area contributed by atoms with Crippen molar-refractivity contribution in [2.75, 3.05) is 29.9 Å². The summed E-state index contributed by atoms with van der Waals surface area (Å²) in [7, 11) is 0. The third kappa shape index (κ3) is 2.27. The number of halogens is 1. The average molecular weight is 296 g/mol. The van der Waals surface area contributed by atoms with E-state index in [-0.39, 0.29) is 18.4 Å². The summed E-state index contributed by atoms with van der Waals surface area (Å²) in [5.74, 6) is -0.117. The van der Waals surface area contributed by atoms with Crippen molar-refractivity contribution in [2.45, 2.75) is 12.5 Å². The number of hydrogen-bond acceptors (Lipinski definition) is 3. The zero-order valence-electron chi connectivity index (χ0n) is 10.7. The van der Waals surface area contributed by atoms with Gasteiger partial charge in [-0.2, -0.15) is 0 Å². The summed E-state index contributed by atoms with van der Waals surface area (Å²) < 4.78 is 0. The summed E-state index contributed by atoms with van der Waals surface area (Å²) in [5, 5.41) is 12.5. The fourth-order valence-corrected chi connectivity index (χ4v) is 2.97. The van der Waals surface area contributed by atoms with Crippen LogP contribution in [0, 0.1) is 0 Å². The number of piperazine rings is 1. The maximum atomic E-state index is 11.9. The van der Waals surface area contributed by atoms with E-state index in [0.29, 0.717) is 30.3 Å². The lowest BCUT2D eigenvalue weighted by atomic mass is 10.1. The van der Waals surface area contributed by atoms with Crippen molar-refractivity contribution in [1.29, 1.82) is 0 Å². The number of carbonyl (C=O) groups excluding carboxylic acids is 1. The minimum absolute atomic E-state index is 0.117. The maximum absolute atomic E-state index is 11.9. The van der Waals surface area contributed by atoms with Gasteiger partial charge in [0.1, 0.15) is 0 Å². The number of nitrogens with one attached hydrogen (secondary N) is 1. The monoisotopic (exact) mass is 295 g/mol. The summed E-state index contributed by atoms with van der Waals surface area (Å²) in [5.41, 5.74) is 1.59. The molecule has 1 aromatic carbocycles. The van der Waals surface area contributed by atoms with Gasteiger partial charge in [0.15, 0.2) is 0 Å². The van der Waals surface area contributed by atoms with Crippen LogP contribution in [-0.4, -0.2) is 47.7 Å². The molecule has 0 aliphatic carbocycles. The Morgan fingerprint density at radius 2 is 2.20 bits per heavy atom. The van der Waals surface area contributed by atoms with Crippen molar-refractivity contribution in [1.82, 2.24) is 4.90 Å². The van der Waals surface area contributed by atoms with Crippen LogP contribution in [-0.2, 0) is 4.79 Å². The Bertz CT molecular complexity index is 578. The van der Waals surface area contributed by atoms with Gasteiger partial charge in [0.25, 0.3) is 0 Å². The van der Waals surface area contributed by atoms with Crippen LogP contribution < -0.4 is 10.2 Å². The van der Waals surface area contributed by atoms with Gasteiger partial charge in [-0.1, -0.05) is 11.6 Å². The summed E-state index contributed by atoms with van der Waals surface area (Å²) in [6.45, 7) is 1.34. The third-order valence-electron chi connectivity index (χ3n) is 3.72. The van der Waals surface area contributed by atoms with Gasteiger partial charge in [-0.3, -0.25) is 4.79 Å². The molecule has 2 N–H and O–H groups in total. The highest BCUT2D eigenvalue weighted by molar-refractivity contribution is 6.31. The highest BCUT2D eigenvalue weighted by Crippen LogP contribution is 2.34. The molecular formula is C13H14ClN3O3. The zero-order valence-corrected chi connectivity index (χ0v) is 11.4. The lowest BCUT2D eigenvalue weighted by Crippen LogP contribution is -2.54. The first kappa shape index (κ1) is 13.1. The average Bonchev–Trinajstić information content (AvgIpc) is 2.52. The van der Waals surface area contributed by atoms with Crippen molar-refractivity contribution >= 4 is 35.0 Å². The fraction of sp³-hybridized carbons (Fsp3) is 0.385. The number of carbonyl (C=O) groups is 2. The van der Waals surface area contributed by atoms with E-state index in [1.54, 1.807) is 12.1 Å². The topological polar surface area (TPSA) is 72.9 Å². The second-order valence-electron chi connectivity index (χ2n) is 4.99. The molecule has 2 aliphatic heterocycles. The molecule has 1 fully saturated rings. The number of carboxylic acid groups (broad SMARTS) is 1. The highest BCUT2D eigenvalue weighted by atomic mass is 35.5. The Morgan fingerprint density at radius 3 is 2.95 bits per heavy atom. The summed E-state index contributed by atoms with van der Waals surface area (Å²) in [6, 6.07) is 5.23. The quantitative estimate of drug-likeness (QED) is 0.766. The fourth-order valence-electron chi connectivity index (χ4n) is 2.79. The molecule has 1 aromatic rings. The molecule has 0 radical (unpaired) electrons. The molecule has 1 saturated heterocycles.